The smallest absolute Gasteiger partial charge is 0.374 e. The normalized spacial score (nSPS) is 13.7. The van der Waals surface area contributed by atoms with Crippen LogP contribution in [0.5, 0.6) is 5.88 Å². The number of anilines is 3. The minimum atomic E-state index is -1.21. The van der Waals surface area contributed by atoms with E-state index in [0.717, 1.165) is 33.4 Å². The number of carboxylic acids is 1. The van der Waals surface area contributed by atoms with Crippen LogP contribution >= 0.6 is 0 Å². The van der Waals surface area contributed by atoms with E-state index in [0.29, 0.717) is 30.5 Å². The number of amides is 1. The lowest BCUT2D eigenvalue weighted by molar-refractivity contribution is -0.119. The SMILES string of the molecule is Cc1cnc(Nc2cc(C)n(C)n2)nc1-c1c[nH]c2c(NC(=O)CN3CC(Oc4cc(C(=O)O)on4)C3)cccc12. The molecule has 41 heavy (non-hydrogen) atoms. The maximum Gasteiger partial charge on any atom is 0.374 e. The number of aromatic carboxylic acids is 1. The van der Waals surface area contributed by atoms with Crippen molar-refractivity contribution in [3.05, 3.63) is 59.7 Å². The molecule has 1 aromatic carbocycles. The summed E-state index contributed by atoms with van der Waals surface area (Å²) in [5.41, 5.74) is 5.01. The number of carbonyl (C=O) groups excluding carboxylic acids is 1. The van der Waals surface area contributed by atoms with Gasteiger partial charge in [-0.2, -0.15) is 5.10 Å². The molecule has 0 spiro atoms. The number of likely N-dealkylation sites (tertiary alicyclic amines) is 1. The van der Waals surface area contributed by atoms with Gasteiger partial charge in [-0.15, -0.1) is 0 Å². The van der Waals surface area contributed by atoms with E-state index in [1.54, 1.807) is 10.9 Å². The molecule has 5 aromatic rings. The third-order valence-electron chi connectivity index (χ3n) is 6.85. The average Bonchev–Trinajstić information content (AvgIpc) is 3.63. The van der Waals surface area contributed by atoms with Crippen molar-refractivity contribution in [2.45, 2.75) is 20.0 Å². The van der Waals surface area contributed by atoms with Crippen LogP contribution in [0.1, 0.15) is 21.8 Å². The molecule has 0 radical (unpaired) electrons. The Morgan fingerprint density at radius 3 is 2.80 bits per heavy atom. The number of H-pyrrole nitrogens is 1. The number of aryl methyl sites for hydroxylation is 3. The number of carbonyl (C=O) groups is 2. The Labute approximate surface area is 233 Å². The summed E-state index contributed by atoms with van der Waals surface area (Å²) < 4.78 is 12.1. The first kappa shape index (κ1) is 26.0. The van der Waals surface area contributed by atoms with Crippen molar-refractivity contribution in [3.63, 3.8) is 0 Å². The Morgan fingerprint density at radius 1 is 1.24 bits per heavy atom. The summed E-state index contributed by atoms with van der Waals surface area (Å²) >= 11 is 0. The van der Waals surface area contributed by atoms with Gasteiger partial charge in [-0.1, -0.05) is 12.1 Å². The number of para-hydroxylation sites is 1. The number of benzene rings is 1. The average molecular weight is 558 g/mol. The molecule has 1 aliphatic heterocycles. The van der Waals surface area contributed by atoms with Crippen LogP contribution in [0.3, 0.4) is 0 Å². The zero-order valence-corrected chi connectivity index (χ0v) is 22.5. The van der Waals surface area contributed by atoms with Crippen LogP contribution in [0, 0.1) is 13.8 Å². The Balaban J connectivity index is 1.11. The number of aromatic amines is 1. The maximum absolute atomic E-state index is 12.8. The van der Waals surface area contributed by atoms with E-state index < -0.39 is 5.97 Å². The summed E-state index contributed by atoms with van der Waals surface area (Å²) in [6.45, 7) is 5.10. The second-order valence-corrected chi connectivity index (χ2v) is 9.89. The van der Waals surface area contributed by atoms with Gasteiger partial charge in [0.15, 0.2) is 5.82 Å². The van der Waals surface area contributed by atoms with E-state index in [9.17, 15) is 9.59 Å². The Morgan fingerprint density at radius 2 is 2.07 bits per heavy atom. The van der Waals surface area contributed by atoms with E-state index in [4.69, 9.17) is 19.4 Å². The molecule has 14 nitrogen and oxygen atoms in total. The van der Waals surface area contributed by atoms with Gasteiger partial charge >= 0.3 is 5.97 Å². The number of ether oxygens (including phenoxy) is 1. The van der Waals surface area contributed by atoms with E-state index in [1.165, 1.54) is 6.07 Å². The first-order chi connectivity index (χ1) is 19.7. The van der Waals surface area contributed by atoms with Crippen LogP contribution in [-0.2, 0) is 11.8 Å². The highest BCUT2D eigenvalue weighted by atomic mass is 16.6. The van der Waals surface area contributed by atoms with Crippen LogP contribution in [0.15, 0.2) is 47.2 Å². The van der Waals surface area contributed by atoms with Crippen LogP contribution in [0.25, 0.3) is 22.2 Å². The minimum absolute atomic E-state index is 0.111. The van der Waals surface area contributed by atoms with Crippen molar-refractivity contribution in [2.24, 2.45) is 7.05 Å². The van der Waals surface area contributed by atoms with E-state index in [-0.39, 0.29) is 30.2 Å². The number of hydrogen-bond acceptors (Lipinski definition) is 10. The van der Waals surface area contributed by atoms with Crippen LogP contribution < -0.4 is 15.4 Å². The van der Waals surface area contributed by atoms with Gasteiger partial charge in [0.1, 0.15) is 6.10 Å². The van der Waals surface area contributed by atoms with E-state index in [1.807, 2.05) is 56.3 Å². The molecule has 0 aliphatic carbocycles. The van der Waals surface area contributed by atoms with Crippen molar-refractivity contribution in [3.8, 4) is 17.1 Å². The standard InChI is InChI=1S/C27H27N9O5/c1-14-9-29-27(31-21-7-15(2)35(3)33-21)32-24(14)18-10-28-25-17(18)5-4-6-19(25)30-22(37)13-36-11-16(12-36)40-23-8-20(26(38)39)41-34-23/h4-10,16,28H,11-13H2,1-3H3,(H,30,37)(H,38,39)(H,29,31,32,33). The molecule has 1 fully saturated rings. The molecule has 1 aliphatic rings. The minimum Gasteiger partial charge on any atom is -0.475 e. The number of carboxylic acid groups (broad SMARTS) is 1. The van der Waals surface area contributed by atoms with Crippen molar-refractivity contribution in [2.75, 3.05) is 30.3 Å². The lowest BCUT2D eigenvalue weighted by Crippen LogP contribution is -2.55. The number of nitrogens with zero attached hydrogens (tertiary/aromatic N) is 6. The molecule has 5 heterocycles. The fourth-order valence-corrected chi connectivity index (χ4v) is 4.67. The molecule has 0 bridgehead atoms. The zero-order valence-electron chi connectivity index (χ0n) is 22.5. The maximum atomic E-state index is 12.8. The summed E-state index contributed by atoms with van der Waals surface area (Å²) in [5.74, 6) is -0.465. The van der Waals surface area contributed by atoms with Crippen molar-refractivity contribution in [1.29, 1.82) is 0 Å². The van der Waals surface area contributed by atoms with Crippen molar-refractivity contribution >= 4 is 40.2 Å². The number of rotatable bonds is 9. The summed E-state index contributed by atoms with van der Waals surface area (Å²) in [4.78, 5) is 38.1. The first-order valence-electron chi connectivity index (χ1n) is 12.8. The molecule has 210 valence electrons. The van der Waals surface area contributed by atoms with Crippen LogP contribution in [0.2, 0.25) is 0 Å². The summed E-state index contributed by atoms with van der Waals surface area (Å²) in [6.07, 6.45) is 3.44. The summed E-state index contributed by atoms with van der Waals surface area (Å²) in [7, 11) is 1.87. The quantitative estimate of drug-likeness (QED) is 0.209. The predicted molar refractivity (Wildman–Crippen MR) is 148 cm³/mol. The number of nitrogens with one attached hydrogen (secondary N) is 3. The lowest BCUT2D eigenvalue weighted by Gasteiger charge is -2.37. The molecule has 6 rings (SSSR count). The largest absolute Gasteiger partial charge is 0.475 e. The number of fused-ring (bicyclic) bond motifs is 1. The summed E-state index contributed by atoms with van der Waals surface area (Å²) in [6, 6.07) is 8.86. The van der Waals surface area contributed by atoms with Gasteiger partial charge in [0.25, 0.3) is 5.88 Å². The molecule has 0 unspecified atom stereocenters. The van der Waals surface area contributed by atoms with E-state index in [2.05, 4.69) is 30.9 Å². The van der Waals surface area contributed by atoms with E-state index >= 15 is 0 Å². The predicted octanol–water partition coefficient (Wildman–Crippen LogP) is 3.11. The number of aromatic nitrogens is 6. The van der Waals surface area contributed by atoms with Crippen molar-refractivity contribution < 1.29 is 24.0 Å². The van der Waals surface area contributed by atoms with Crippen LogP contribution in [0.4, 0.5) is 17.5 Å². The molecule has 0 atom stereocenters. The molecule has 0 saturated carbocycles. The highest BCUT2D eigenvalue weighted by Crippen LogP contribution is 2.33. The van der Waals surface area contributed by atoms with Crippen LogP contribution in [-0.4, -0.2) is 77.5 Å². The summed E-state index contributed by atoms with van der Waals surface area (Å²) in [5, 5.41) is 24.0. The third-order valence-corrected chi connectivity index (χ3v) is 6.85. The molecular formula is C27H27N9O5. The van der Waals surface area contributed by atoms with Gasteiger partial charge in [0.05, 0.1) is 29.5 Å². The van der Waals surface area contributed by atoms with Crippen molar-refractivity contribution in [1.82, 2.24) is 34.8 Å². The molecule has 1 amide bonds. The molecule has 1 saturated heterocycles. The highest BCUT2D eigenvalue weighted by Gasteiger charge is 2.31. The van der Waals surface area contributed by atoms with Gasteiger partial charge in [-0.05, 0) is 30.6 Å². The monoisotopic (exact) mass is 557 g/mol. The van der Waals surface area contributed by atoms with Gasteiger partial charge in [-0.3, -0.25) is 14.4 Å². The molecule has 4 aromatic heterocycles. The second kappa shape index (κ2) is 10.4. The Hall–Kier alpha value is -5.24. The fraction of sp³-hybridized carbons (Fsp3) is 0.259. The van der Waals surface area contributed by atoms with Gasteiger partial charge < -0.3 is 30.0 Å². The Kier molecular flexibility index (Phi) is 6.59. The fourth-order valence-electron chi connectivity index (χ4n) is 4.67. The molecule has 14 heteroatoms. The Bertz CT molecular complexity index is 1750. The molecular weight excluding hydrogens is 530 g/mol. The van der Waals surface area contributed by atoms with Gasteiger partial charge in [0.2, 0.25) is 17.6 Å². The zero-order chi connectivity index (χ0) is 28.7. The topological polar surface area (TPSA) is 176 Å². The number of hydrogen-bond donors (Lipinski definition) is 4. The lowest BCUT2D eigenvalue weighted by atomic mass is 10.1. The second-order valence-electron chi connectivity index (χ2n) is 9.89. The first-order valence-corrected chi connectivity index (χ1v) is 12.8. The van der Waals surface area contributed by atoms with Gasteiger partial charge in [-0.25, -0.2) is 14.8 Å². The molecule has 4 N–H and O–H groups in total. The third kappa shape index (κ3) is 5.32. The highest BCUT2D eigenvalue weighted by molar-refractivity contribution is 6.06. The van der Waals surface area contributed by atoms with Gasteiger partial charge in [0, 0.05) is 55.2 Å².